The summed E-state index contributed by atoms with van der Waals surface area (Å²) in [5, 5.41) is 8.98. The Bertz CT molecular complexity index is 460. The maximum atomic E-state index is 8.98. The van der Waals surface area contributed by atoms with Gasteiger partial charge in [0.25, 0.3) is 0 Å². The number of fused-ring (bicyclic) bond motifs is 1. The van der Waals surface area contributed by atoms with Gasteiger partial charge in [-0.1, -0.05) is 11.3 Å². The zero-order valence-electron chi connectivity index (χ0n) is 6.10. The highest BCUT2D eigenvalue weighted by Gasteiger charge is 2.02. The lowest BCUT2D eigenvalue weighted by Crippen LogP contribution is -1.94. The van der Waals surface area contributed by atoms with Gasteiger partial charge < -0.3 is 5.11 Å². The van der Waals surface area contributed by atoms with Crippen molar-refractivity contribution in [1.29, 1.82) is 0 Å². The molecular weight excluding hydrogens is 192 g/mol. The van der Waals surface area contributed by atoms with Gasteiger partial charge in [-0.05, 0) is 24.4 Å². The van der Waals surface area contributed by atoms with Crippen molar-refractivity contribution >= 4 is 33.9 Å². The third-order valence-corrected chi connectivity index (χ3v) is 2.96. The molecule has 0 aliphatic rings. The first-order valence-corrected chi connectivity index (χ1v) is 4.60. The van der Waals surface area contributed by atoms with E-state index in [0.717, 1.165) is 10.3 Å². The molecule has 0 aliphatic carbocycles. The number of aliphatic hydroxyl groups excluding tert-OH is 1. The average Bonchev–Trinajstić information content (AvgIpc) is 2.40. The molecule has 5 heteroatoms. The summed E-state index contributed by atoms with van der Waals surface area (Å²) in [5.41, 5.74) is 0.898. The minimum atomic E-state index is -0.0788. The molecule has 0 fully saturated rings. The number of aliphatic hydroxyl groups is 1. The Labute approximate surface area is 77.9 Å². The highest BCUT2D eigenvalue weighted by molar-refractivity contribution is 7.73. The molecule has 0 saturated heterocycles. The zero-order valence-corrected chi connectivity index (χ0v) is 7.73. The van der Waals surface area contributed by atoms with Crippen molar-refractivity contribution in [3.05, 3.63) is 22.3 Å². The van der Waals surface area contributed by atoms with Crippen LogP contribution < -0.4 is 0 Å². The van der Waals surface area contributed by atoms with E-state index in [9.17, 15) is 0 Å². The second-order valence-corrected chi connectivity index (χ2v) is 3.89. The molecule has 0 atom stereocenters. The number of hydrogen-bond acceptors (Lipinski definition) is 4. The van der Waals surface area contributed by atoms with Crippen LogP contribution in [0.1, 0.15) is 0 Å². The first kappa shape index (κ1) is 7.85. The Morgan fingerprint density at radius 3 is 3.25 bits per heavy atom. The third-order valence-electron chi connectivity index (χ3n) is 1.59. The second-order valence-electron chi connectivity index (χ2n) is 2.27. The topological polar surface area (TPSA) is 38.0 Å². The van der Waals surface area contributed by atoms with Gasteiger partial charge in [-0.15, -0.1) is 0 Å². The summed E-state index contributed by atoms with van der Waals surface area (Å²) in [6.45, 7) is -0.0788. The van der Waals surface area contributed by atoms with Crippen LogP contribution in [0.25, 0.3) is 10.3 Å². The van der Waals surface area contributed by atoms with E-state index in [4.69, 9.17) is 17.3 Å². The summed E-state index contributed by atoms with van der Waals surface area (Å²) in [6.07, 6.45) is 1.72. The summed E-state index contributed by atoms with van der Waals surface area (Å²) in [4.78, 5) is 5.00. The Morgan fingerprint density at radius 2 is 2.50 bits per heavy atom. The molecule has 0 bridgehead atoms. The van der Waals surface area contributed by atoms with Gasteiger partial charge in [-0.25, -0.2) is 4.98 Å². The normalized spacial score (nSPS) is 10.8. The Morgan fingerprint density at radius 1 is 1.67 bits per heavy atom. The maximum Gasteiger partial charge on any atom is 0.165 e. The molecule has 12 heavy (non-hydrogen) atoms. The molecule has 2 rings (SSSR count). The SMILES string of the molecule is OCn1c(=S)sc2ncccc21. The minimum absolute atomic E-state index is 0.0788. The molecule has 62 valence electrons. The number of thiazole rings is 1. The van der Waals surface area contributed by atoms with Gasteiger partial charge in [-0.2, -0.15) is 0 Å². The quantitative estimate of drug-likeness (QED) is 0.710. The number of nitrogens with zero attached hydrogens (tertiary/aromatic N) is 2. The molecule has 0 unspecified atom stereocenters. The van der Waals surface area contributed by atoms with Crippen LogP contribution >= 0.6 is 23.6 Å². The van der Waals surface area contributed by atoms with Crippen LogP contribution in [0.15, 0.2) is 18.3 Å². The summed E-state index contributed by atoms with van der Waals surface area (Å²) in [7, 11) is 0. The highest BCUT2D eigenvalue weighted by atomic mass is 32.1. The molecule has 1 N–H and O–H groups in total. The van der Waals surface area contributed by atoms with Crippen LogP contribution in [-0.2, 0) is 6.73 Å². The Balaban J connectivity index is 2.91. The fraction of sp³-hybridized carbons (Fsp3) is 0.143. The molecule has 0 radical (unpaired) electrons. The van der Waals surface area contributed by atoms with E-state index < -0.39 is 0 Å². The molecule has 0 aromatic carbocycles. The lowest BCUT2D eigenvalue weighted by Gasteiger charge is -1.95. The van der Waals surface area contributed by atoms with E-state index in [1.165, 1.54) is 11.3 Å². The van der Waals surface area contributed by atoms with Gasteiger partial charge >= 0.3 is 0 Å². The monoisotopic (exact) mass is 198 g/mol. The van der Waals surface area contributed by atoms with Crippen molar-refractivity contribution in [2.75, 3.05) is 0 Å². The fourth-order valence-electron chi connectivity index (χ4n) is 1.04. The number of rotatable bonds is 1. The van der Waals surface area contributed by atoms with Crippen LogP contribution in [0.4, 0.5) is 0 Å². The van der Waals surface area contributed by atoms with Crippen molar-refractivity contribution in [3.63, 3.8) is 0 Å². The molecule has 0 saturated carbocycles. The lowest BCUT2D eigenvalue weighted by molar-refractivity contribution is 0.215. The summed E-state index contributed by atoms with van der Waals surface area (Å²) in [5.74, 6) is 0. The summed E-state index contributed by atoms with van der Waals surface area (Å²) < 4.78 is 2.31. The number of pyridine rings is 1. The van der Waals surface area contributed by atoms with E-state index in [-0.39, 0.29) is 6.73 Å². The molecule has 0 spiro atoms. The molecule has 2 aromatic heterocycles. The van der Waals surface area contributed by atoms with Crippen LogP contribution in [0, 0.1) is 3.95 Å². The van der Waals surface area contributed by atoms with Crippen molar-refractivity contribution in [2.45, 2.75) is 6.73 Å². The standard InChI is InChI=1S/C7H6N2OS2/c10-4-9-5-2-1-3-8-6(5)12-7(9)11/h1-3,10H,4H2. The minimum Gasteiger partial charge on any atom is -0.376 e. The van der Waals surface area contributed by atoms with Gasteiger partial charge in [0.05, 0.1) is 5.52 Å². The maximum absolute atomic E-state index is 8.98. The van der Waals surface area contributed by atoms with Crippen LogP contribution in [-0.4, -0.2) is 14.7 Å². The van der Waals surface area contributed by atoms with Gasteiger partial charge in [0.2, 0.25) is 0 Å². The van der Waals surface area contributed by atoms with Crippen molar-refractivity contribution in [2.24, 2.45) is 0 Å². The third kappa shape index (κ3) is 1.06. The van der Waals surface area contributed by atoms with Crippen molar-refractivity contribution < 1.29 is 5.11 Å². The van der Waals surface area contributed by atoms with Crippen LogP contribution in [0.2, 0.25) is 0 Å². The first-order valence-electron chi connectivity index (χ1n) is 3.38. The highest BCUT2D eigenvalue weighted by Crippen LogP contribution is 2.19. The molecule has 2 aromatic rings. The first-order chi connectivity index (χ1) is 5.83. The molecule has 0 aliphatic heterocycles. The summed E-state index contributed by atoms with van der Waals surface area (Å²) in [6, 6.07) is 3.72. The van der Waals surface area contributed by atoms with E-state index in [2.05, 4.69) is 4.98 Å². The van der Waals surface area contributed by atoms with Gasteiger partial charge in [0, 0.05) is 6.20 Å². The van der Waals surface area contributed by atoms with E-state index in [1.807, 2.05) is 12.1 Å². The summed E-state index contributed by atoms with van der Waals surface area (Å²) >= 11 is 6.44. The van der Waals surface area contributed by atoms with Gasteiger partial charge in [0.15, 0.2) is 3.95 Å². The largest absolute Gasteiger partial charge is 0.376 e. The van der Waals surface area contributed by atoms with E-state index >= 15 is 0 Å². The van der Waals surface area contributed by atoms with E-state index in [1.54, 1.807) is 10.8 Å². The smallest absolute Gasteiger partial charge is 0.165 e. The second kappa shape index (κ2) is 2.93. The van der Waals surface area contributed by atoms with Crippen molar-refractivity contribution in [1.82, 2.24) is 9.55 Å². The number of aromatic nitrogens is 2. The van der Waals surface area contributed by atoms with Crippen molar-refractivity contribution in [3.8, 4) is 0 Å². The molecule has 2 heterocycles. The van der Waals surface area contributed by atoms with Gasteiger partial charge in [0.1, 0.15) is 11.6 Å². The van der Waals surface area contributed by atoms with E-state index in [0.29, 0.717) is 3.95 Å². The van der Waals surface area contributed by atoms with Crippen LogP contribution in [0.5, 0.6) is 0 Å². The average molecular weight is 198 g/mol. The molecule has 0 amide bonds. The lowest BCUT2D eigenvalue weighted by atomic mass is 10.4. The molecule has 3 nitrogen and oxygen atoms in total. The zero-order chi connectivity index (χ0) is 8.55. The Kier molecular flexibility index (Phi) is 1.92. The fourth-order valence-corrected chi connectivity index (χ4v) is 2.26. The molecular formula is C7H6N2OS2. The van der Waals surface area contributed by atoms with Gasteiger partial charge in [-0.3, -0.25) is 4.57 Å². The Hall–Kier alpha value is -0.780. The predicted octanol–water partition coefficient (Wildman–Crippen LogP) is 1.78. The number of hydrogen-bond donors (Lipinski definition) is 1. The predicted molar refractivity (Wildman–Crippen MR) is 50.7 cm³/mol. The van der Waals surface area contributed by atoms with Crippen LogP contribution in [0.3, 0.4) is 0 Å².